The van der Waals surface area contributed by atoms with Gasteiger partial charge in [-0.2, -0.15) is 0 Å². The van der Waals surface area contributed by atoms with E-state index in [9.17, 15) is 0 Å². The van der Waals surface area contributed by atoms with Crippen molar-refractivity contribution < 1.29 is 4.74 Å². The van der Waals surface area contributed by atoms with E-state index in [0.717, 1.165) is 13.2 Å². The fourth-order valence-corrected chi connectivity index (χ4v) is 3.90. The van der Waals surface area contributed by atoms with E-state index >= 15 is 0 Å². The minimum absolute atomic E-state index is 0.243. The van der Waals surface area contributed by atoms with Crippen molar-refractivity contribution in [1.82, 2.24) is 10.2 Å². The molecule has 2 fully saturated rings. The quantitative estimate of drug-likeness (QED) is 0.726. The van der Waals surface area contributed by atoms with Crippen LogP contribution in [0, 0.1) is 0 Å². The molecule has 1 spiro atoms. The molecule has 3 nitrogen and oxygen atoms in total. The smallest absolute Gasteiger partial charge is 0.0697 e. The van der Waals surface area contributed by atoms with Crippen molar-refractivity contribution in [2.75, 3.05) is 32.8 Å². The SMILES string of the molecule is CCN(CC)CCCNC1CCOC2(CCCCC2)C1. The van der Waals surface area contributed by atoms with Crippen molar-refractivity contribution in [3.63, 3.8) is 0 Å². The van der Waals surface area contributed by atoms with Crippen molar-refractivity contribution in [2.24, 2.45) is 0 Å². The van der Waals surface area contributed by atoms with Crippen LogP contribution >= 0.6 is 0 Å². The van der Waals surface area contributed by atoms with E-state index in [1.807, 2.05) is 0 Å². The monoisotopic (exact) mass is 282 g/mol. The molecule has 1 heterocycles. The Balaban J connectivity index is 1.65. The van der Waals surface area contributed by atoms with Crippen LogP contribution in [0.5, 0.6) is 0 Å². The predicted molar refractivity (Wildman–Crippen MR) is 85.2 cm³/mol. The molecule has 2 aliphatic rings. The fraction of sp³-hybridized carbons (Fsp3) is 1.00. The van der Waals surface area contributed by atoms with Gasteiger partial charge >= 0.3 is 0 Å². The zero-order chi connectivity index (χ0) is 14.3. The summed E-state index contributed by atoms with van der Waals surface area (Å²) in [5.41, 5.74) is 0.243. The molecule has 0 aromatic rings. The average molecular weight is 282 g/mol. The Hall–Kier alpha value is -0.120. The highest BCUT2D eigenvalue weighted by molar-refractivity contribution is 4.92. The van der Waals surface area contributed by atoms with Gasteiger partial charge in [-0.15, -0.1) is 0 Å². The summed E-state index contributed by atoms with van der Waals surface area (Å²) in [6.07, 6.45) is 10.5. The van der Waals surface area contributed by atoms with Crippen LogP contribution in [0.25, 0.3) is 0 Å². The summed E-state index contributed by atoms with van der Waals surface area (Å²) in [5, 5.41) is 3.79. The maximum atomic E-state index is 6.17. The normalized spacial score (nSPS) is 26.2. The van der Waals surface area contributed by atoms with E-state index in [1.54, 1.807) is 0 Å². The summed E-state index contributed by atoms with van der Waals surface area (Å²) in [6.45, 7) is 10.2. The minimum atomic E-state index is 0.243. The van der Waals surface area contributed by atoms with Crippen molar-refractivity contribution in [3.8, 4) is 0 Å². The van der Waals surface area contributed by atoms with E-state index in [2.05, 4.69) is 24.1 Å². The second kappa shape index (κ2) is 8.35. The number of rotatable bonds is 7. The van der Waals surface area contributed by atoms with Crippen molar-refractivity contribution in [1.29, 1.82) is 0 Å². The number of hydrogen-bond acceptors (Lipinski definition) is 3. The summed E-state index contributed by atoms with van der Waals surface area (Å²) in [7, 11) is 0. The van der Waals surface area contributed by atoms with Gasteiger partial charge in [0.25, 0.3) is 0 Å². The second-order valence-corrected chi connectivity index (χ2v) is 6.62. The molecule has 1 atom stereocenters. The lowest BCUT2D eigenvalue weighted by Crippen LogP contribution is -2.48. The van der Waals surface area contributed by atoms with Crippen LogP contribution in [0.1, 0.15) is 65.2 Å². The van der Waals surface area contributed by atoms with Gasteiger partial charge in [0.05, 0.1) is 5.60 Å². The van der Waals surface area contributed by atoms with Crippen LogP contribution < -0.4 is 5.32 Å². The molecule has 1 unspecified atom stereocenters. The van der Waals surface area contributed by atoms with Crippen LogP contribution in [0.4, 0.5) is 0 Å². The van der Waals surface area contributed by atoms with E-state index in [0.29, 0.717) is 6.04 Å². The Labute approximate surface area is 125 Å². The molecule has 20 heavy (non-hydrogen) atoms. The summed E-state index contributed by atoms with van der Waals surface area (Å²) in [4.78, 5) is 2.51. The molecule has 0 aromatic carbocycles. The molecule has 0 radical (unpaired) electrons. The first kappa shape index (κ1) is 16.3. The molecule has 3 heteroatoms. The van der Waals surface area contributed by atoms with E-state index in [-0.39, 0.29) is 5.60 Å². The first-order chi connectivity index (χ1) is 9.78. The summed E-state index contributed by atoms with van der Waals surface area (Å²) >= 11 is 0. The van der Waals surface area contributed by atoms with Crippen molar-refractivity contribution in [3.05, 3.63) is 0 Å². The second-order valence-electron chi connectivity index (χ2n) is 6.62. The van der Waals surface area contributed by atoms with Gasteiger partial charge in [0.1, 0.15) is 0 Å². The minimum Gasteiger partial charge on any atom is -0.375 e. The van der Waals surface area contributed by atoms with Crippen molar-refractivity contribution in [2.45, 2.75) is 76.9 Å². The summed E-state index contributed by atoms with van der Waals surface area (Å²) in [5.74, 6) is 0. The molecule has 0 amide bonds. The molecular formula is C17H34N2O. The predicted octanol–water partition coefficient (Wildman–Crippen LogP) is 3.19. The Morgan fingerprint density at radius 3 is 2.60 bits per heavy atom. The number of nitrogens with one attached hydrogen (secondary N) is 1. The molecule has 1 saturated carbocycles. The molecule has 118 valence electrons. The van der Waals surface area contributed by atoms with Gasteiger partial charge < -0.3 is 15.0 Å². The lowest BCUT2D eigenvalue weighted by molar-refractivity contribution is -0.109. The van der Waals surface area contributed by atoms with E-state index in [1.165, 1.54) is 71.0 Å². The third kappa shape index (κ3) is 4.71. The number of ether oxygens (including phenoxy) is 1. The first-order valence-corrected chi connectivity index (χ1v) is 8.88. The molecule has 1 saturated heterocycles. The highest BCUT2D eigenvalue weighted by atomic mass is 16.5. The third-order valence-electron chi connectivity index (χ3n) is 5.24. The molecular weight excluding hydrogens is 248 g/mol. The summed E-state index contributed by atoms with van der Waals surface area (Å²) < 4.78 is 6.17. The largest absolute Gasteiger partial charge is 0.375 e. The van der Waals surface area contributed by atoms with Crippen molar-refractivity contribution >= 4 is 0 Å². The van der Waals surface area contributed by atoms with Gasteiger partial charge in [0.15, 0.2) is 0 Å². The van der Waals surface area contributed by atoms with Gasteiger partial charge in [-0.3, -0.25) is 0 Å². The Kier molecular flexibility index (Phi) is 6.79. The fourth-order valence-electron chi connectivity index (χ4n) is 3.90. The van der Waals surface area contributed by atoms with E-state index < -0.39 is 0 Å². The standard InChI is InChI=1S/C17H34N2O/c1-3-19(4-2)13-8-12-18-16-9-14-20-17(15-16)10-6-5-7-11-17/h16,18H,3-15H2,1-2H3. The van der Waals surface area contributed by atoms with Crippen LogP contribution in [-0.2, 0) is 4.74 Å². The highest BCUT2D eigenvalue weighted by Crippen LogP contribution is 2.38. The van der Waals surface area contributed by atoms with Crippen LogP contribution in [0.2, 0.25) is 0 Å². The average Bonchev–Trinajstić information content (AvgIpc) is 2.48. The van der Waals surface area contributed by atoms with Gasteiger partial charge in [-0.25, -0.2) is 0 Å². The van der Waals surface area contributed by atoms with Crippen LogP contribution in [0.15, 0.2) is 0 Å². The molecule has 1 aliphatic carbocycles. The summed E-state index contributed by atoms with van der Waals surface area (Å²) in [6, 6.07) is 0.693. The van der Waals surface area contributed by atoms with Gasteiger partial charge in [0.2, 0.25) is 0 Å². The molecule has 2 rings (SSSR count). The maximum Gasteiger partial charge on any atom is 0.0697 e. The zero-order valence-electron chi connectivity index (χ0n) is 13.6. The van der Waals surface area contributed by atoms with E-state index in [4.69, 9.17) is 4.74 Å². The van der Waals surface area contributed by atoms with Crippen LogP contribution in [-0.4, -0.2) is 49.3 Å². The molecule has 1 N–H and O–H groups in total. The first-order valence-electron chi connectivity index (χ1n) is 8.88. The van der Waals surface area contributed by atoms with Gasteiger partial charge in [-0.05, 0) is 58.3 Å². The Bertz CT molecular complexity index is 254. The lowest BCUT2D eigenvalue weighted by Gasteiger charge is -2.43. The molecule has 1 aliphatic heterocycles. The number of nitrogens with zero attached hydrogens (tertiary/aromatic N) is 1. The Morgan fingerprint density at radius 1 is 1.15 bits per heavy atom. The third-order valence-corrected chi connectivity index (χ3v) is 5.24. The highest BCUT2D eigenvalue weighted by Gasteiger charge is 2.38. The molecule has 0 aromatic heterocycles. The Morgan fingerprint density at radius 2 is 1.90 bits per heavy atom. The maximum absolute atomic E-state index is 6.17. The van der Waals surface area contributed by atoms with Gasteiger partial charge in [-0.1, -0.05) is 33.1 Å². The van der Waals surface area contributed by atoms with Gasteiger partial charge in [0, 0.05) is 12.6 Å². The zero-order valence-corrected chi connectivity index (χ0v) is 13.6. The van der Waals surface area contributed by atoms with Crippen LogP contribution in [0.3, 0.4) is 0 Å². The number of hydrogen-bond donors (Lipinski definition) is 1. The lowest BCUT2D eigenvalue weighted by atomic mass is 9.78. The topological polar surface area (TPSA) is 24.5 Å². The molecule has 0 bridgehead atoms.